The molecule has 4 heteroatoms. The summed E-state index contributed by atoms with van der Waals surface area (Å²) in [5, 5.41) is 0. The second-order valence-corrected chi connectivity index (χ2v) is 1.40. The van der Waals surface area contributed by atoms with Crippen molar-refractivity contribution in [2.24, 2.45) is 11.7 Å². The van der Waals surface area contributed by atoms with Crippen LogP contribution in [0.1, 0.15) is 10.4 Å². The van der Waals surface area contributed by atoms with Crippen LogP contribution in [0.3, 0.4) is 0 Å². The fourth-order valence-corrected chi connectivity index (χ4v) is 0.442. The summed E-state index contributed by atoms with van der Waals surface area (Å²) in [5.74, 6) is 8.00. The maximum atomic E-state index is 9.98. The highest BCUT2D eigenvalue weighted by Gasteiger charge is 1.80. The largest absolute Gasteiger partial charge is 0.298 e. The van der Waals surface area contributed by atoms with Crippen molar-refractivity contribution in [1.29, 1.82) is 0 Å². The molecule has 0 aliphatic carbocycles. The zero-order valence-electron chi connectivity index (χ0n) is 5.40. The molecule has 0 radical (unpaired) electrons. The average molecular weight is 139 g/mol. The highest BCUT2D eigenvalue weighted by atomic mass is 16.1. The second-order valence-electron chi connectivity index (χ2n) is 1.40. The van der Waals surface area contributed by atoms with E-state index in [0.29, 0.717) is 5.56 Å². The first-order valence-electron chi connectivity index (χ1n) is 2.62. The summed E-state index contributed by atoms with van der Waals surface area (Å²) in [7, 11) is 0. The fraction of sp³-hybridized carbons (Fsp3) is 0. The average Bonchev–Trinajstić information content (AvgIpc) is 2.10. The summed E-state index contributed by atoms with van der Waals surface area (Å²) in [6, 6.07) is 3.32. The number of carbonyl (C=O) groups is 1. The minimum atomic E-state index is 0.667. The third-order valence-corrected chi connectivity index (χ3v) is 0.842. The van der Waals surface area contributed by atoms with Gasteiger partial charge >= 0.3 is 0 Å². The van der Waals surface area contributed by atoms with Crippen LogP contribution in [0.5, 0.6) is 0 Å². The highest BCUT2D eigenvalue weighted by molar-refractivity contribution is 5.73. The molecule has 0 saturated heterocycles. The number of aromatic nitrogens is 1. The van der Waals surface area contributed by atoms with Gasteiger partial charge in [0.1, 0.15) is 6.29 Å². The number of hydrogen-bond acceptors (Lipinski definition) is 4. The van der Waals surface area contributed by atoms with E-state index in [1.54, 1.807) is 24.5 Å². The van der Waals surface area contributed by atoms with E-state index < -0.39 is 0 Å². The molecule has 0 aromatic carbocycles. The molecule has 0 amide bonds. The van der Waals surface area contributed by atoms with Crippen molar-refractivity contribution in [2.45, 2.75) is 0 Å². The van der Waals surface area contributed by atoms with Crippen molar-refractivity contribution in [3.05, 3.63) is 30.1 Å². The molecule has 1 heterocycles. The van der Waals surface area contributed by atoms with Crippen molar-refractivity contribution in [3.63, 3.8) is 0 Å². The Kier molecular flexibility index (Phi) is 5.13. The van der Waals surface area contributed by atoms with E-state index in [9.17, 15) is 4.79 Å². The number of nitrogens with two attached hydrogens (primary N) is 2. The van der Waals surface area contributed by atoms with E-state index >= 15 is 0 Å². The Balaban J connectivity index is 0.000000371. The topological polar surface area (TPSA) is 82.0 Å². The lowest BCUT2D eigenvalue weighted by atomic mass is 10.3. The Morgan fingerprint density at radius 1 is 1.30 bits per heavy atom. The molecule has 1 aromatic heterocycles. The minimum Gasteiger partial charge on any atom is -0.298 e. The third kappa shape index (κ3) is 2.91. The normalized spacial score (nSPS) is 7.40. The molecule has 54 valence electrons. The summed E-state index contributed by atoms with van der Waals surface area (Å²) in [5.41, 5.74) is 0.667. The molecule has 0 bridgehead atoms. The van der Waals surface area contributed by atoms with Gasteiger partial charge in [0, 0.05) is 18.0 Å². The van der Waals surface area contributed by atoms with E-state index in [4.69, 9.17) is 0 Å². The first-order valence-corrected chi connectivity index (χ1v) is 2.62. The molecule has 0 atom stereocenters. The molecule has 0 fully saturated rings. The molecule has 4 nitrogen and oxygen atoms in total. The van der Waals surface area contributed by atoms with E-state index in [2.05, 4.69) is 16.7 Å². The number of aldehydes is 1. The standard InChI is InChI=1S/C6H5NO.H4N2/c8-5-6-1-3-7-4-2-6;1-2/h1-5H;1-2H2. The predicted octanol–water partition coefficient (Wildman–Crippen LogP) is -0.287. The van der Waals surface area contributed by atoms with Gasteiger partial charge in [-0.15, -0.1) is 0 Å². The molecule has 0 spiro atoms. The molecule has 0 unspecified atom stereocenters. The van der Waals surface area contributed by atoms with Crippen LogP contribution in [0, 0.1) is 0 Å². The summed E-state index contributed by atoms with van der Waals surface area (Å²) >= 11 is 0. The van der Waals surface area contributed by atoms with E-state index in [1.807, 2.05) is 0 Å². The van der Waals surface area contributed by atoms with Crippen LogP contribution < -0.4 is 11.7 Å². The Hall–Kier alpha value is -1.26. The molecule has 0 aliphatic heterocycles. The fourth-order valence-electron chi connectivity index (χ4n) is 0.442. The first kappa shape index (κ1) is 8.74. The van der Waals surface area contributed by atoms with Gasteiger partial charge in [-0.1, -0.05) is 0 Å². The number of rotatable bonds is 1. The predicted molar refractivity (Wildman–Crippen MR) is 38.0 cm³/mol. The number of carbonyl (C=O) groups excluding carboxylic acids is 1. The maximum absolute atomic E-state index is 9.98. The lowest BCUT2D eigenvalue weighted by molar-refractivity contribution is 0.112. The van der Waals surface area contributed by atoms with Gasteiger partial charge in [-0.3, -0.25) is 21.5 Å². The summed E-state index contributed by atoms with van der Waals surface area (Å²) in [6.07, 6.45) is 3.97. The SMILES string of the molecule is NN.O=Cc1ccncc1. The van der Waals surface area contributed by atoms with E-state index in [1.165, 1.54) is 0 Å². The number of hydrazine groups is 1. The second kappa shape index (κ2) is 5.87. The van der Waals surface area contributed by atoms with Crippen molar-refractivity contribution in [2.75, 3.05) is 0 Å². The molecular formula is C6H9N3O. The smallest absolute Gasteiger partial charge is 0.150 e. The van der Waals surface area contributed by atoms with Crippen molar-refractivity contribution in [3.8, 4) is 0 Å². The van der Waals surface area contributed by atoms with Crippen molar-refractivity contribution < 1.29 is 4.79 Å². The zero-order chi connectivity index (χ0) is 7.82. The molecule has 4 N–H and O–H groups in total. The number of nitrogens with zero attached hydrogens (tertiary/aromatic N) is 1. The quantitative estimate of drug-likeness (QED) is 0.318. The first-order chi connectivity index (χ1) is 4.93. The Labute approximate surface area is 58.8 Å². The lowest BCUT2D eigenvalue weighted by Gasteiger charge is -1.81. The van der Waals surface area contributed by atoms with Crippen LogP contribution in [0.4, 0.5) is 0 Å². The van der Waals surface area contributed by atoms with E-state index in [-0.39, 0.29) is 0 Å². The molecule has 1 aromatic rings. The zero-order valence-corrected chi connectivity index (χ0v) is 5.40. The van der Waals surface area contributed by atoms with Gasteiger partial charge < -0.3 is 0 Å². The third-order valence-electron chi connectivity index (χ3n) is 0.842. The summed E-state index contributed by atoms with van der Waals surface area (Å²) < 4.78 is 0. The van der Waals surface area contributed by atoms with Crippen LogP contribution in [-0.2, 0) is 0 Å². The van der Waals surface area contributed by atoms with Gasteiger partial charge in [-0.25, -0.2) is 0 Å². The highest BCUT2D eigenvalue weighted by Crippen LogP contribution is 1.88. The number of pyridine rings is 1. The summed E-state index contributed by atoms with van der Waals surface area (Å²) in [6.45, 7) is 0. The lowest BCUT2D eigenvalue weighted by Crippen LogP contribution is -2.02. The van der Waals surface area contributed by atoms with E-state index in [0.717, 1.165) is 6.29 Å². The van der Waals surface area contributed by atoms with Crippen LogP contribution in [-0.4, -0.2) is 11.3 Å². The Bertz CT molecular complexity index is 176. The molecule has 1 rings (SSSR count). The number of hydrogen-bond donors (Lipinski definition) is 2. The van der Waals surface area contributed by atoms with Gasteiger partial charge in [0.2, 0.25) is 0 Å². The maximum Gasteiger partial charge on any atom is 0.150 e. The molecule has 10 heavy (non-hydrogen) atoms. The minimum absolute atomic E-state index is 0.667. The Morgan fingerprint density at radius 3 is 2.10 bits per heavy atom. The Morgan fingerprint density at radius 2 is 1.80 bits per heavy atom. The van der Waals surface area contributed by atoms with Gasteiger partial charge in [-0.05, 0) is 12.1 Å². The van der Waals surface area contributed by atoms with Crippen LogP contribution in [0.25, 0.3) is 0 Å². The van der Waals surface area contributed by atoms with Crippen molar-refractivity contribution in [1.82, 2.24) is 4.98 Å². The van der Waals surface area contributed by atoms with Crippen LogP contribution >= 0.6 is 0 Å². The van der Waals surface area contributed by atoms with Gasteiger partial charge in [0.05, 0.1) is 0 Å². The van der Waals surface area contributed by atoms with Gasteiger partial charge in [0.15, 0.2) is 0 Å². The summed E-state index contributed by atoms with van der Waals surface area (Å²) in [4.78, 5) is 13.7. The van der Waals surface area contributed by atoms with Crippen LogP contribution in [0.15, 0.2) is 24.5 Å². The molecule has 0 aliphatic rings. The van der Waals surface area contributed by atoms with Crippen molar-refractivity contribution >= 4 is 6.29 Å². The van der Waals surface area contributed by atoms with Gasteiger partial charge in [0.25, 0.3) is 0 Å². The molecule has 0 saturated carbocycles. The molecular weight excluding hydrogens is 130 g/mol. The monoisotopic (exact) mass is 139 g/mol. The van der Waals surface area contributed by atoms with Gasteiger partial charge in [-0.2, -0.15) is 0 Å². The van der Waals surface area contributed by atoms with Crippen LogP contribution in [0.2, 0.25) is 0 Å².